The Morgan fingerprint density at radius 1 is 1.03 bits per heavy atom. The van der Waals surface area contributed by atoms with Crippen LogP contribution in [0.1, 0.15) is 28.0 Å². The molecule has 0 saturated heterocycles. The van der Waals surface area contributed by atoms with Gasteiger partial charge in [0.05, 0.1) is 29.3 Å². The van der Waals surface area contributed by atoms with Crippen molar-refractivity contribution in [3.05, 3.63) is 87.8 Å². The highest BCUT2D eigenvalue weighted by molar-refractivity contribution is 7.11. The van der Waals surface area contributed by atoms with Crippen LogP contribution in [0.2, 0.25) is 0 Å². The molecule has 8 nitrogen and oxygen atoms in total. The Morgan fingerprint density at radius 3 is 2.74 bits per heavy atom. The minimum Gasteiger partial charge on any atom is -0.402 e. The molecule has 4 aromatic rings. The Bertz CT molecular complexity index is 1440. The normalized spacial score (nSPS) is 17.8. The lowest BCUT2D eigenvalue weighted by atomic mass is 9.96. The Kier molecular flexibility index (Phi) is 5.77. The van der Waals surface area contributed by atoms with Crippen LogP contribution in [0.25, 0.3) is 17.2 Å². The van der Waals surface area contributed by atoms with Crippen LogP contribution >= 0.6 is 11.3 Å². The first kappa shape index (κ1) is 21.6. The van der Waals surface area contributed by atoms with Crippen molar-refractivity contribution in [3.8, 4) is 11.6 Å². The first-order chi connectivity index (χ1) is 17.3. The van der Waals surface area contributed by atoms with Crippen LogP contribution in [-0.2, 0) is 16.0 Å². The molecule has 0 bridgehead atoms. The van der Waals surface area contributed by atoms with Gasteiger partial charge in [-0.25, -0.2) is 4.98 Å². The third kappa shape index (κ3) is 4.31. The van der Waals surface area contributed by atoms with E-state index in [-0.39, 0.29) is 18.2 Å². The van der Waals surface area contributed by atoms with Crippen molar-refractivity contribution < 1.29 is 13.9 Å². The average molecular weight is 484 g/mol. The zero-order valence-electron chi connectivity index (χ0n) is 18.7. The summed E-state index contributed by atoms with van der Waals surface area (Å²) in [5, 5.41) is 11.4. The molecule has 0 radical (unpaired) electrons. The molecule has 0 saturated carbocycles. The van der Waals surface area contributed by atoms with Crippen molar-refractivity contribution in [1.29, 1.82) is 0 Å². The summed E-state index contributed by atoms with van der Waals surface area (Å²) < 4.78 is 11.3. The number of thiazole rings is 1. The molecule has 2 aliphatic heterocycles. The molecule has 0 spiro atoms. The predicted molar refractivity (Wildman–Crippen MR) is 133 cm³/mol. The fraction of sp³-hybridized carbons (Fsp3) is 0.192. The maximum absolute atomic E-state index is 13.2. The SMILES string of the molecule is O=C1Cc2ccccc2C(c2ccccc2)=N[C@@H]1Nc1nnc(-c2ncsc2C2=CCOCC2)o1. The van der Waals surface area contributed by atoms with E-state index in [0.717, 1.165) is 39.3 Å². The molecule has 2 aromatic heterocycles. The highest BCUT2D eigenvalue weighted by atomic mass is 32.1. The highest BCUT2D eigenvalue weighted by Gasteiger charge is 2.28. The summed E-state index contributed by atoms with van der Waals surface area (Å²) in [5.74, 6) is 0.220. The zero-order valence-corrected chi connectivity index (χ0v) is 19.5. The largest absolute Gasteiger partial charge is 0.402 e. The number of ether oxygens (including phenoxy) is 1. The van der Waals surface area contributed by atoms with Gasteiger partial charge in [-0.1, -0.05) is 65.8 Å². The van der Waals surface area contributed by atoms with Gasteiger partial charge in [0.25, 0.3) is 5.89 Å². The molecule has 9 heteroatoms. The van der Waals surface area contributed by atoms with Gasteiger partial charge in [-0.15, -0.1) is 16.4 Å². The van der Waals surface area contributed by atoms with Gasteiger partial charge in [-0.3, -0.25) is 9.79 Å². The number of aromatic nitrogens is 3. The van der Waals surface area contributed by atoms with Crippen LogP contribution in [0.4, 0.5) is 6.01 Å². The monoisotopic (exact) mass is 483 g/mol. The van der Waals surface area contributed by atoms with Crippen molar-refractivity contribution in [2.24, 2.45) is 4.99 Å². The summed E-state index contributed by atoms with van der Waals surface area (Å²) in [6.07, 6.45) is 2.25. The molecule has 0 fully saturated rings. The molecular formula is C26H21N5O3S. The number of hydrogen-bond acceptors (Lipinski definition) is 9. The van der Waals surface area contributed by atoms with Gasteiger partial charge in [0, 0.05) is 17.5 Å². The molecule has 1 N–H and O–H groups in total. The smallest absolute Gasteiger partial charge is 0.317 e. The number of anilines is 1. The fourth-order valence-corrected chi connectivity index (χ4v) is 5.11. The van der Waals surface area contributed by atoms with Crippen molar-refractivity contribution >= 4 is 34.4 Å². The number of Topliss-reactive ketones (excluding diaryl/α,β-unsaturated/α-hetero) is 1. The molecule has 0 unspecified atom stereocenters. The number of carbonyl (C=O) groups is 1. The van der Waals surface area contributed by atoms with Gasteiger partial charge < -0.3 is 14.5 Å². The third-order valence-corrected chi connectivity index (χ3v) is 6.86. The van der Waals surface area contributed by atoms with Crippen LogP contribution in [0, 0.1) is 0 Å². The zero-order chi connectivity index (χ0) is 23.6. The molecule has 4 heterocycles. The van der Waals surface area contributed by atoms with E-state index in [0.29, 0.717) is 24.8 Å². The van der Waals surface area contributed by atoms with Crippen molar-refractivity contribution in [1.82, 2.24) is 15.2 Å². The lowest BCUT2D eigenvalue weighted by Gasteiger charge is -2.12. The van der Waals surface area contributed by atoms with Crippen LogP contribution in [0.3, 0.4) is 0 Å². The second kappa shape index (κ2) is 9.36. The minimum atomic E-state index is -0.862. The highest BCUT2D eigenvalue weighted by Crippen LogP contribution is 2.34. The van der Waals surface area contributed by atoms with Gasteiger partial charge in [0.1, 0.15) is 5.69 Å². The second-order valence-electron chi connectivity index (χ2n) is 8.19. The number of ketones is 1. The predicted octanol–water partition coefficient (Wildman–Crippen LogP) is 4.40. The number of nitrogens with one attached hydrogen (secondary N) is 1. The van der Waals surface area contributed by atoms with E-state index >= 15 is 0 Å². The Hall–Kier alpha value is -3.95. The molecular weight excluding hydrogens is 462 g/mol. The van der Waals surface area contributed by atoms with E-state index in [9.17, 15) is 4.79 Å². The lowest BCUT2D eigenvalue weighted by molar-refractivity contribution is -0.119. The van der Waals surface area contributed by atoms with E-state index in [2.05, 4.69) is 26.6 Å². The van der Waals surface area contributed by atoms with Crippen molar-refractivity contribution in [2.75, 3.05) is 18.5 Å². The number of rotatable bonds is 5. The Morgan fingerprint density at radius 2 is 1.89 bits per heavy atom. The van der Waals surface area contributed by atoms with Gasteiger partial charge in [0.2, 0.25) is 0 Å². The maximum atomic E-state index is 13.2. The molecule has 0 amide bonds. The van der Waals surface area contributed by atoms with E-state index in [1.54, 1.807) is 5.51 Å². The second-order valence-corrected chi connectivity index (χ2v) is 9.04. The Balaban J connectivity index is 1.32. The number of benzene rings is 2. The summed E-state index contributed by atoms with van der Waals surface area (Å²) in [6.45, 7) is 1.25. The van der Waals surface area contributed by atoms with E-state index in [4.69, 9.17) is 14.1 Å². The number of fused-ring (bicyclic) bond motifs is 1. The molecule has 1 atom stereocenters. The summed E-state index contributed by atoms with van der Waals surface area (Å²) >= 11 is 1.53. The molecule has 174 valence electrons. The number of carbonyl (C=O) groups excluding carboxylic acids is 1. The molecule has 35 heavy (non-hydrogen) atoms. The molecule has 0 aliphatic carbocycles. The average Bonchev–Trinajstić information content (AvgIpc) is 3.55. The molecule has 2 aliphatic rings. The van der Waals surface area contributed by atoms with Gasteiger partial charge in [0.15, 0.2) is 11.9 Å². The van der Waals surface area contributed by atoms with Crippen LogP contribution in [-0.4, -0.2) is 46.1 Å². The fourth-order valence-electron chi connectivity index (χ4n) is 4.25. The quantitative estimate of drug-likeness (QED) is 0.449. The van der Waals surface area contributed by atoms with Gasteiger partial charge >= 0.3 is 6.01 Å². The van der Waals surface area contributed by atoms with E-state index < -0.39 is 6.17 Å². The van der Waals surface area contributed by atoms with Gasteiger partial charge in [-0.2, -0.15) is 0 Å². The topological polar surface area (TPSA) is 103 Å². The number of hydrogen-bond donors (Lipinski definition) is 1. The first-order valence-electron chi connectivity index (χ1n) is 11.3. The van der Waals surface area contributed by atoms with E-state index in [1.807, 2.05) is 54.6 Å². The van der Waals surface area contributed by atoms with Crippen LogP contribution < -0.4 is 5.32 Å². The summed E-state index contributed by atoms with van der Waals surface area (Å²) in [5.41, 5.74) is 7.13. The van der Waals surface area contributed by atoms with Gasteiger partial charge in [-0.05, 0) is 17.6 Å². The molecule has 6 rings (SSSR count). The summed E-state index contributed by atoms with van der Waals surface area (Å²) in [6, 6.07) is 17.8. The van der Waals surface area contributed by atoms with Crippen molar-refractivity contribution in [2.45, 2.75) is 19.0 Å². The lowest BCUT2D eigenvalue weighted by Crippen LogP contribution is -2.29. The molecule has 2 aromatic carbocycles. The third-order valence-electron chi connectivity index (χ3n) is 5.96. The van der Waals surface area contributed by atoms with Crippen LogP contribution in [0.15, 0.2) is 75.6 Å². The number of nitrogens with zero attached hydrogens (tertiary/aromatic N) is 4. The van der Waals surface area contributed by atoms with Crippen LogP contribution in [0.5, 0.6) is 0 Å². The van der Waals surface area contributed by atoms with E-state index in [1.165, 1.54) is 11.3 Å². The standard InChI is InChI=1S/C26H21N5O3S/c32-20-14-18-8-4-5-9-19(18)21(16-6-2-1-3-7-16)28-24(20)29-26-31-30-25(34-26)22-23(35-15-27-22)17-10-12-33-13-11-17/h1-10,15,24H,11-14H2,(H,29,31)/t24-/m1/s1. The summed E-state index contributed by atoms with van der Waals surface area (Å²) in [7, 11) is 0. The number of aliphatic imine (C=N–C) groups is 1. The minimum absolute atomic E-state index is 0.0789. The van der Waals surface area contributed by atoms with Crippen molar-refractivity contribution in [3.63, 3.8) is 0 Å². The maximum Gasteiger partial charge on any atom is 0.317 e. The summed E-state index contributed by atoms with van der Waals surface area (Å²) in [4.78, 5) is 23.4. The Labute approximate surface area is 205 Å². The first-order valence-corrected chi connectivity index (χ1v) is 12.2.